The lowest BCUT2D eigenvalue weighted by atomic mass is 9.75. The fraction of sp³-hybridized carbons (Fsp3) is 0.246. The fourth-order valence-electron chi connectivity index (χ4n) is 11.8. The molecule has 0 saturated carbocycles. The molecule has 0 aliphatic heterocycles. The highest BCUT2D eigenvalue weighted by molar-refractivity contribution is 6.31. The molecule has 7 aromatic rings. The maximum absolute atomic E-state index is 2.64. The Labute approximate surface area is 363 Å². The van der Waals surface area contributed by atoms with Crippen molar-refractivity contribution in [3.05, 3.63) is 180 Å². The van der Waals surface area contributed by atoms with Gasteiger partial charge in [0.1, 0.15) is 0 Å². The number of fused-ring (bicyclic) bond motifs is 8. The first-order chi connectivity index (χ1) is 30.2. The summed E-state index contributed by atoms with van der Waals surface area (Å²) >= 11 is 0. The third kappa shape index (κ3) is 6.16. The summed E-state index contributed by atoms with van der Waals surface area (Å²) in [6.07, 6.45) is 23.8. The van der Waals surface area contributed by atoms with E-state index in [-0.39, 0.29) is 0 Å². The van der Waals surface area contributed by atoms with Crippen molar-refractivity contribution in [2.24, 2.45) is 11.8 Å². The topological polar surface area (TPSA) is 0 Å². The quantitative estimate of drug-likeness (QED) is 0.0806. The second-order valence-electron chi connectivity index (χ2n) is 18.1. The zero-order chi connectivity index (χ0) is 41.0. The van der Waals surface area contributed by atoms with Gasteiger partial charge in [0.15, 0.2) is 0 Å². The van der Waals surface area contributed by atoms with Gasteiger partial charge in [0.2, 0.25) is 0 Å². The van der Waals surface area contributed by atoms with Gasteiger partial charge in [0, 0.05) is 11.8 Å². The molecule has 61 heavy (non-hydrogen) atoms. The molecule has 0 saturated heterocycles. The van der Waals surface area contributed by atoms with Crippen LogP contribution in [-0.2, 0) is 0 Å². The van der Waals surface area contributed by atoms with Crippen LogP contribution in [-0.4, -0.2) is 0 Å². The number of hydrogen-bond donors (Lipinski definition) is 0. The van der Waals surface area contributed by atoms with Crippen LogP contribution in [0.3, 0.4) is 0 Å². The Morgan fingerprint density at radius 1 is 0.508 bits per heavy atom. The van der Waals surface area contributed by atoms with Gasteiger partial charge in [0.05, 0.1) is 0 Å². The Hall–Kier alpha value is -5.98. The predicted molar refractivity (Wildman–Crippen MR) is 264 cm³/mol. The number of unbranched alkanes of at least 4 members (excludes halogenated alkanes) is 4. The molecule has 0 bridgehead atoms. The van der Waals surface area contributed by atoms with Gasteiger partial charge in [-0.25, -0.2) is 0 Å². The SMILES string of the molecule is CCCCCCCC(CC)c1ccc2c(c1)-c1cc3c(-c4ccccc4-c4ccccc4)c4c(c(-c5ccccc5)c3c3cccc-2c13)C1=CC(CCC)=CC2C=CC=C4C12. The minimum Gasteiger partial charge on any atom is -0.0766 e. The summed E-state index contributed by atoms with van der Waals surface area (Å²) in [4.78, 5) is 0. The lowest BCUT2D eigenvalue weighted by Gasteiger charge is -2.28. The standard InChI is InChI=1S/C61H56/c1-4-7-8-9-12-22-40(6-3)43-33-34-46-48-30-20-32-50-57(48)52(51(46)37-43)38-54-58(47-29-18-17-28-45(47)41-23-13-10-14-24-41)60-49-31-19-27-44-35-39(21-5-2)36-53(55(44)49)61(60)56(59(50)54)42-25-15-11-16-26-42/h10-11,13-20,23-38,40,44,55H,4-9,12,21-22H2,1-3H3. The molecule has 4 aliphatic rings. The molecule has 0 aromatic heterocycles. The van der Waals surface area contributed by atoms with Gasteiger partial charge >= 0.3 is 0 Å². The minimum absolute atomic E-state index is 0.299. The highest BCUT2D eigenvalue weighted by atomic mass is 14.5. The molecule has 3 atom stereocenters. The van der Waals surface area contributed by atoms with Crippen molar-refractivity contribution in [1.29, 1.82) is 0 Å². The molecule has 3 unspecified atom stereocenters. The van der Waals surface area contributed by atoms with Gasteiger partial charge < -0.3 is 0 Å². The second-order valence-corrected chi connectivity index (χ2v) is 18.1. The van der Waals surface area contributed by atoms with Crippen LogP contribution in [0, 0.1) is 11.8 Å². The molecule has 4 aliphatic carbocycles. The first-order valence-electron chi connectivity index (χ1n) is 23.4. The summed E-state index contributed by atoms with van der Waals surface area (Å²) in [7, 11) is 0. The Bertz CT molecular complexity index is 2970. The van der Waals surface area contributed by atoms with Crippen molar-refractivity contribution < 1.29 is 0 Å². The van der Waals surface area contributed by atoms with Crippen molar-refractivity contribution in [2.45, 2.75) is 84.5 Å². The highest BCUT2D eigenvalue weighted by Crippen LogP contribution is 2.63. The van der Waals surface area contributed by atoms with Crippen LogP contribution in [0.5, 0.6) is 0 Å². The summed E-state index contributed by atoms with van der Waals surface area (Å²) in [5.41, 5.74) is 22.3. The molecule has 0 radical (unpaired) electrons. The summed E-state index contributed by atoms with van der Waals surface area (Å²) < 4.78 is 0. The van der Waals surface area contributed by atoms with Gasteiger partial charge in [-0.2, -0.15) is 0 Å². The minimum atomic E-state index is 0.299. The van der Waals surface area contributed by atoms with E-state index in [9.17, 15) is 0 Å². The Morgan fingerprint density at radius 2 is 1.25 bits per heavy atom. The van der Waals surface area contributed by atoms with Crippen molar-refractivity contribution in [1.82, 2.24) is 0 Å². The molecule has 0 N–H and O–H groups in total. The van der Waals surface area contributed by atoms with Crippen LogP contribution in [0.2, 0.25) is 0 Å². The number of allylic oxidation sites excluding steroid dienone is 8. The summed E-state index contributed by atoms with van der Waals surface area (Å²) in [5.74, 6) is 1.22. The van der Waals surface area contributed by atoms with E-state index in [4.69, 9.17) is 0 Å². The van der Waals surface area contributed by atoms with Crippen LogP contribution < -0.4 is 0 Å². The smallest absolute Gasteiger partial charge is 0.0200 e. The van der Waals surface area contributed by atoms with E-state index >= 15 is 0 Å². The molecule has 300 valence electrons. The fourth-order valence-corrected chi connectivity index (χ4v) is 11.8. The second kappa shape index (κ2) is 15.8. The lowest BCUT2D eigenvalue weighted by molar-refractivity contribution is 0.535. The first-order valence-corrected chi connectivity index (χ1v) is 23.4. The average Bonchev–Trinajstić information content (AvgIpc) is 3.81. The average molecular weight is 789 g/mol. The van der Waals surface area contributed by atoms with Crippen LogP contribution in [0.4, 0.5) is 0 Å². The monoisotopic (exact) mass is 788 g/mol. The van der Waals surface area contributed by atoms with Gasteiger partial charge in [-0.1, -0.05) is 217 Å². The molecule has 0 heterocycles. The van der Waals surface area contributed by atoms with Crippen molar-refractivity contribution >= 4 is 32.7 Å². The van der Waals surface area contributed by atoms with E-state index in [1.54, 1.807) is 0 Å². The number of rotatable bonds is 13. The molecule has 7 aromatic carbocycles. The Balaban J connectivity index is 1.26. The Kier molecular flexibility index (Phi) is 9.84. The highest BCUT2D eigenvalue weighted by Gasteiger charge is 2.43. The molecule has 0 amide bonds. The molecule has 0 nitrogen and oxygen atoms in total. The zero-order valence-electron chi connectivity index (χ0n) is 36.1. The van der Waals surface area contributed by atoms with Crippen molar-refractivity contribution in [3.63, 3.8) is 0 Å². The first kappa shape index (κ1) is 38.0. The van der Waals surface area contributed by atoms with E-state index in [1.165, 1.54) is 156 Å². The van der Waals surface area contributed by atoms with Crippen LogP contribution in [0.1, 0.15) is 101 Å². The summed E-state index contributed by atoms with van der Waals surface area (Å²) in [6, 6.07) is 49.0. The third-order valence-electron chi connectivity index (χ3n) is 14.5. The molecular weight excluding hydrogens is 733 g/mol. The van der Waals surface area contributed by atoms with E-state index in [0.717, 1.165) is 12.8 Å². The van der Waals surface area contributed by atoms with Gasteiger partial charge in [-0.15, -0.1) is 0 Å². The summed E-state index contributed by atoms with van der Waals surface area (Å²) in [5, 5.41) is 5.51. The van der Waals surface area contributed by atoms with Crippen molar-refractivity contribution in [3.8, 4) is 55.6 Å². The van der Waals surface area contributed by atoms with Crippen LogP contribution in [0.15, 0.2) is 163 Å². The number of benzene rings is 7. The lowest BCUT2D eigenvalue weighted by Crippen LogP contribution is -2.16. The van der Waals surface area contributed by atoms with Gasteiger partial charge in [-0.3, -0.25) is 0 Å². The van der Waals surface area contributed by atoms with E-state index < -0.39 is 0 Å². The number of hydrogen-bond acceptors (Lipinski definition) is 0. The predicted octanol–water partition coefficient (Wildman–Crippen LogP) is 17.8. The maximum atomic E-state index is 2.64. The zero-order valence-corrected chi connectivity index (χ0v) is 36.1. The normalized spacial score (nSPS) is 17.2. The van der Waals surface area contributed by atoms with Crippen molar-refractivity contribution in [2.75, 3.05) is 0 Å². The van der Waals surface area contributed by atoms with E-state index in [0.29, 0.717) is 17.8 Å². The molecule has 11 rings (SSSR count). The largest absolute Gasteiger partial charge is 0.0766 e. The van der Waals surface area contributed by atoms with E-state index in [1.807, 2.05) is 0 Å². The molecule has 0 spiro atoms. The van der Waals surface area contributed by atoms with Crippen LogP contribution >= 0.6 is 0 Å². The molecule has 0 fully saturated rings. The van der Waals surface area contributed by atoms with Gasteiger partial charge in [-0.05, 0) is 136 Å². The molecule has 0 heteroatoms. The maximum Gasteiger partial charge on any atom is 0.0200 e. The van der Waals surface area contributed by atoms with Gasteiger partial charge in [0.25, 0.3) is 0 Å². The summed E-state index contributed by atoms with van der Waals surface area (Å²) in [6.45, 7) is 7.02. The molecular formula is C61H56. The van der Waals surface area contributed by atoms with Crippen LogP contribution in [0.25, 0.3) is 88.3 Å². The third-order valence-corrected chi connectivity index (χ3v) is 14.5. The Morgan fingerprint density at radius 3 is 2.03 bits per heavy atom. The van der Waals surface area contributed by atoms with E-state index in [2.05, 4.69) is 179 Å².